The van der Waals surface area contributed by atoms with Crippen molar-refractivity contribution in [1.82, 2.24) is 0 Å². The molecule has 1 N–H and O–H groups in total. The van der Waals surface area contributed by atoms with Gasteiger partial charge < -0.3 is 9.84 Å². The molecule has 0 aliphatic rings. The minimum Gasteiger partial charge on any atom is -0.497 e. The first-order valence-corrected chi connectivity index (χ1v) is 2.92. The molecule has 0 amide bonds. The van der Waals surface area contributed by atoms with Crippen LogP contribution in [0.3, 0.4) is 0 Å². The lowest BCUT2D eigenvalue weighted by molar-refractivity contribution is 0.274. The number of rotatable bonds is 4. The van der Waals surface area contributed by atoms with Crippen molar-refractivity contribution in [2.75, 3.05) is 13.7 Å². The molecule has 0 atom stereocenters. The molecular weight excluding hydrogens is 128 g/mol. The first-order valence-electron chi connectivity index (χ1n) is 2.92. The van der Waals surface area contributed by atoms with Gasteiger partial charge >= 0.3 is 0 Å². The van der Waals surface area contributed by atoms with Crippen LogP contribution in [-0.2, 0) is 4.74 Å². The molecule has 0 aromatic carbocycles. The summed E-state index contributed by atoms with van der Waals surface area (Å²) in [6.07, 6.45) is 3.24. The van der Waals surface area contributed by atoms with Crippen molar-refractivity contribution in [2.45, 2.75) is 0 Å². The highest BCUT2D eigenvalue weighted by Gasteiger charge is 1.97. The standard InChI is InChI=1S/C8H12O2/c1-4-5-8(6-9)7(2)10-3/h4-5,9H,1-2,6H2,3H3/b8-5-. The molecule has 0 fully saturated rings. The molecule has 0 aromatic heterocycles. The lowest BCUT2D eigenvalue weighted by Crippen LogP contribution is -1.95. The van der Waals surface area contributed by atoms with Gasteiger partial charge in [-0.25, -0.2) is 0 Å². The summed E-state index contributed by atoms with van der Waals surface area (Å²) in [5.74, 6) is 0.474. The van der Waals surface area contributed by atoms with Gasteiger partial charge in [-0.2, -0.15) is 0 Å². The number of aliphatic hydroxyl groups excluding tert-OH is 1. The number of hydrogen-bond donors (Lipinski definition) is 1. The van der Waals surface area contributed by atoms with Crippen LogP contribution in [-0.4, -0.2) is 18.8 Å². The number of aliphatic hydroxyl groups is 1. The van der Waals surface area contributed by atoms with Crippen molar-refractivity contribution >= 4 is 0 Å². The molecule has 0 saturated heterocycles. The minimum absolute atomic E-state index is 0.0707. The van der Waals surface area contributed by atoms with E-state index in [2.05, 4.69) is 13.2 Å². The second-order valence-electron chi connectivity index (χ2n) is 1.71. The van der Waals surface area contributed by atoms with E-state index in [0.717, 1.165) is 0 Å². The Morgan fingerprint density at radius 3 is 2.60 bits per heavy atom. The summed E-state index contributed by atoms with van der Waals surface area (Å²) in [5, 5.41) is 8.70. The van der Waals surface area contributed by atoms with E-state index in [0.29, 0.717) is 11.3 Å². The second-order valence-corrected chi connectivity index (χ2v) is 1.71. The smallest absolute Gasteiger partial charge is 0.117 e. The number of ether oxygens (including phenoxy) is 1. The van der Waals surface area contributed by atoms with Gasteiger partial charge in [0.05, 0.1) is 13.7 Å². The molecule has 0 bridgehead atoms. The molecule has 0 radical (unpaired) electrons. The molecule has 2 heteroatoms. The maximum Gasteiger partial charge on any atom is 0.117 e. The predicted octanol–water partition coefficient (Wildman–Crippen LogP) is 1.25. The monoisotopic (exact) mass is 140 g/mol. The second kappa shape index (κ2) is 4.82. The zero-order valence-corrected chi connectivity index (χ0v) is 6.13. The fraction of sp³-hybridized carbons (Fsp3) is 0.250. The normalized spacial score (nSPS) is 10.8. The van der Waals surface area contributed by atoms with Crippen molar-refractivity contribution in [3.63, 3.8) is 0 Å². The third-order valence-corrected chi connectivity index (χ3v) is 1.09. The number of allylic oxidation sites excluding steroid dienone is 2. The van der Waals surface area contributed by atoms with Crippen LogP contribution in [0.15, 0.2) is 36.6 Å². The molecule has 0 aromatic rings. The zero-order valence-electron chi connectivity index (χ0n) is 6.13. The van der Waals surface area contributed by atoms with E-state index in [1.54, 1.807) is 12.2 Å². The van der Waals surface area contributed by atoms with E-state index < -0.39 is 0 Å². The van der Waals surface area contributed by atoms with Crippen LogP contribution in [0.1, 0.15) is 0 Å². The van der Waals surface area contributed by atoms with Gasteiger partial charge in [0.2, 0.25) is 0 Å². The van der Waals surface area contributed by atoms with Crippen molar-refractivity contribution in [1.29, 1.82) is 0 Å². The SMILES string of the molecule is C=C/C=C(/CO)C(=C)OC. The summed E-state index contributed by atoms with van der Waals surface area (Å²) in [7, 11) is 1.51. The molecule has 0 rings (SSSR count). The fourth-order valence-electron chi connectivity index (χ4n) is 0.507. The van der Waals surface area contributed by atoms with Crippen molar-refractivity contribution in [2.24, 2.45) is 0 Å². The molecule has 56 valence electrons. The molecule has 2 nitrogen and oxygen atoms in total. The maximum absolute atomic E-state index is 8.70. The Balaban J connectivity index is 4.19. The Morgan fingerprint density at radius 1 is 1.70 bits per heavy atom. The third-order valence-electron chi connectivity index (χ3n) is 1.09. The van der Waals surface area contributed by atoms with Crippen LogP contribution >= 0.6 is 0 Å². The fourth-order valence-corrected chi connectivity index (χ4v) is 0.507. The Hall–Kier alpha value is -1.02. The molecule has 0 aliphatic heterocycles. The van der Waals surface area contributed by atoms with Gasteiger partial charge in [0.1, 0.15) is 5.76 Å². The largest absolute Gasteiger partial charge is 0.497 e. The van der Waals surface area contributed by atoms with Gasteiger partial charge in [-0.1, -0.05) is 25.3 Å². The molecule has 0 heterocycles. The van der Waals surface area contributed by atoms with Gasteiger partial charge in [-0.3, -0.25) is 0 Å². The highest BCUT2D eigenvalue weighted by atomic mass is 16.5. The molecule has 0 unspecified atom stereocenters. The van der Waals surface area contributed by atoms with Gasteiger partial charge in [-0.15, -0.1) is 0 Å². The summed E-state index contributed by atoms with van der Waals surface area (Å²) in [6, 6.07) is 0. The zero-order chi connectivity index (χ0) is 7.98. The maximum atomic E-state index is 8.70. The Morgan fingerprint density at radius 2 is 2.30 bits per heavy atom. The van der Waals surface area contributed by atoms with Crippen LogP contribution in [0.25, 0.3) is 0 Å². The number of methoxy groups -OCH3 is 1. The summed E-state index contributed by atoms with van der Waals surface area (Å²) in [5.41, 5.74) is 0.650. The first kappa shape index (κ1) is 8.98. The van der Waals surface area contributed by atoms with Crippen molar-refractivity contribution < 1.29 is 9.84 Å². The third kappa shape index (κ3) is 2.51. The van der Waals surface area contributed by atoms with Crippen LogP contribution in [0, 0.1) is 0 Å². The topological polar surface area (TPSA) is 29.5 Å². The Labute approximate surface area is 61.1 Å². The molecule has 0 aliphatic carbocycles. The Bertz CT molecular complexity index is 157. The average Bonchev–Trinajstić information content (AvgIpc) is 1.99. The van der Waals surface area contributed by atoms with E-state index in [1.165, 1.54) is 7.11 Å². The van der Waals surface area contributed by atoms with E-state index >= 15 is 0 Å². The summed E-state index contributed by atoms with van der Waals surface area (Å²) in [6.45, 7) is 6.97. The van der Waals surface area contributed by atoms with Gasteiger partial charge in [0.15, 0.2) is 0 Å². The van der Waals surface area contributed by atoms with Crippen LogP contribution < -0.4 is 0 Å². The first-order chi connectivity index (χ1) is 4.76. The molecule has 0 spiro atoms. The molecule has 0 saturated carbocycles. The van der Waals surface area contributed by atoms with Crippen LogP contribution in [0.2, 0.25) is 0 Å². The lowest BCUT2D eigenvalue weighted by Gasteiger charge is -2.04. The highest BCUT2D eigenvalue weighted by molar-refractivity contribution is 5.26. The lowest BCUT2D eigenvalue weighted by atomic mass is 10.2. The summed E-state index contributed by atoms with van der Waals surface area (Å²) >= 11 is 0. The Kier molecular flexibility index (Phi) is 4.33. The van der Waals surface area contributed by atoms with Crippen molar-refractivity contribution in [3.05, 3.63) is 36.6 Å². The number of hydrogen-bond acceptors (Lipinski definition) is 2. The van der Waals surface area contributed by atoms with E-state index in [9.17, 15) is 0 Å². The molecular formula is C8H12O2. The minimum atomic E-state index is -0.0707. The van der Waals surface area contributed by atoms with Gasteiger partial charge in [0, 0.05) is 5.57 Å². The van der Waals surface area contributed by atoms with Crippen LogP contribution in [0.4, 0.5) is 0 Å². The summed E-state index contributed by atoms with van der Waals surface area (Å²) in [4.78, 5) is 0. The van der Waals surface area contributed by atoms with Crippen LogP contribution in [0.5, 0.6) is 0 Å². The van der Waals surface area contributed by atoms with Crippen molar-refractivity contribution in [3.8, 4) is 0 Å². The van der Waals surface area contributed by atoms with E-state index in [-0.39, 0.29) is 6.61 Å². The quantitative estimate of drug-likeness (QED) is 0.470. The highest BCUT2D eigenvalue weighted by Crippen LogP contribution is 2.06. The predicted molar refractivity (Wildman–Crippen MR) is 41.5 cm³/mol. The molecule has 10 heavy (non-hydrogen) atoms. The van der Waals surface area contributed by atoms with E-state index in [4.69, 9.17) is 9.84 Å². The average molecular weight is 140 g/mol. The van der Waals surface area contributed by atoms with Gasteiger partial charge in [0.25, 0.3) is 0 Å². The van der Waals surface area contributed by atoms with E-state index in [1.807, 2.05) is 0 Å². The van der Waals surface area contributed by atoms with Gasteiger partial charge in [-0.05, 0) is 0 Å². The summed E-state index contributed by atoms with van der Waals surface area (Å²) < 4.78 is 4.79.